The predicted octanol–water partition coefficient (Wildman–Crippen LogP) is 1.99. The Kier molecular flexibility index (Phi) is 4.13. The van der Waals surface area contributed by atoms with Gasteiger partial charge in [0.15, 0.2) is 5.82 Å². The van der Waals surface area contributed by atoms with Crippen LogP contribution in [0.5, 0.6) is 5.75 Å². The minimum Gasteiger partial charge on any atom is -0.493 e. The van der Waals surface area contributed by atoms with E-state index < -0.39 is 5.97 Å². The number of H-pyrrole nitrogens is 1. The number of aromatic amines is 1. The molecule has 2 heterocycles. The van der Waals surface area contributed by atoms with Gasteiger partial charge < -0.3 is 9.47 Å². The fourth-order valence-corrected chi connectivity index (χ4v) is 2.07. The van der Waals surface area contributed by atoms with E-state index in [1.54, 1.807) is 24.4 Å². The van der Waals surface area contributed by atoms with Crippen molar-refractivity contribution in [1.29, 1.82) is 0 Å². The molecular weight excluding hydrogens is 298 g/mol. The molecule has 0 spiro atoms. The molecule has 0 bridgehead atoms. The quantitative estimate of drug-likeness (QED) is 0.718. The van der Waals surface area contributed by atoms with Crippen LogP contribution in [0.3, 0.4) is 0 Å². The molecular formula is C15H15N5O3. The van der Waals surface area contributed by atoms with E-state index in [-0.39, 0.29) is 0 Å². The van der Waals surface area contributed by atoms with Gasteiger partial charge in [-0.3, -0.25) is 0 Å². The summed E-state index contributed by atoms with van der Waals surface area (Å²) in [5, 5.41) is 10.4. The topological polar surface area (TPSA) is 103 Å². The summed E-state index contributed by atoms with van der Waals surface area (Å²) in [6.45, 7) is 2.57. The highest BCUT2D eigenvalue weighted by Crippen LogP contribution is 2.29. The van der Waals surface area contributed by atoms with Crippen LogP contribution in [-0.4, -0.2) is 45.1 Å². The molecule has 0 aliphatic heterocycles. The standard InChI is InChI=1S/C15H15N5O3/c1-3-6-23-12-5-4-9(15(21)22-2)7-10(12)13-16-8-11-14(17-13)19-20-18-11/h4-5,7-8H,3,6H2,1-2H3,(H,16,17,18,19,20). The first-order chi connectivity index (χ1) is 11.2. The number of nitrogens with zero attached hydrogens (tertiary/aromatic N) is 4. The van der Waals surface area contributed by atoms with E-state index in [2.05, 4.69) is 25.4 Å². The van der Waals surface area contributed by atoms with Crippen LogP contribution in [0.1, 0.15) is 23.7 Å². The van der Waals surface area contributed by atoms with Crippen LogP contribution < -0.4 is 4.74 Å². The van der Waals surface area contributed by atoms with Gasteiger partial charge in [-0.1, -0.05) is 6.92 Å². The molecule has 0 unspecified atom stereocenters. The maximum Gasteiger partial charge on any atom is 0.337 e. The van der Waals surface area contributed by atoms with Gasteiger partial charge in [-0.15, -0.1) is 5.10 Å². The molecule has 0 atom stereocenters. The van der Waals surface area contributed by atoms with Crippen LogP contribution in [0.25, 0.3) is 22.6 Å². The normalized spacial score (nSPS) is 10.7. The molecule has 0 radical (unpaired) electrons. The molecule has 0 amide bonds. The maximum absolute atomic E-state index is 11.8. The number of benzene rings is 1. The third-order valence-electron chi connectivity index (χ3n) is 3.18. The SMILES string of the molecule is CCCOc1ccc(C(=O)OC)cc1-c1ncc2n[nH]nc2n1. The molecule has 23 heavy (non-hydrogen) atoms. The first kappa shape index (κ1) is 14.9. The predicted molar refractivity (Wildman–Crippen MR) is 82.0 cm³/mol. The Morgan fingerprint density at radius 2 is 2.17 bits per heavy atom. The largest absolute Gasteiger partial charge is 0.493 e. The summed E-state index contributed by atoms with van der Waals surface area (Å²) in [5.74, 6) is 0.571. The fourth-order valence-electron chi connectivity index (χ4n) is 2.07. The van der Waals surface area contributed by atoms with Crippen molar-refractivity contribution in [2.45, 2.75) is 13.3 Å². The van der Waals surface area contributed by atoms with Crippen LogP contribution in [0.15, 0.2) is 24.4 Å². The number of rotatable bonds is 5. The number of nitrogens with one attached hydrogen (secondary N) is 1. The van der Waals surface area contributed by atoms with Gasteiger partial charge in [0.2, 0.25) is 5.65 Å². The molecule has 0 saturated heterocycles. The fraction of sp³-hybridized carbons (Fsp3) is 0.267. The van der Waals surface area contributed by atoms with E-state index >= 15 is 0 Å². The van der Waals surface area contributed by atoms with Crippen molar-refractivity contribution in [3.63, 3.8) is 0 Å². The molecule has 3 aromatic rings. The third kappa shape index (κ3) is 2.96. The van der Waals surface area contributed by atoms with E-state index in [9.17, 15) is 4.79 Å². The van der Waals surface area contributed by atoms with Crippen molar-refractivity contribution in [1.82, 2.24) is 25.4 Å². The summed E-state index contributed by atoms with van der Waals surface area (Å²) in [5.41, 5.74) is 2.01. The number of methoxy groups -OCH3 is 1. The highest BCUT2D eigenvalue weighted by Gasteiger charge is 2.15. The van der Waals surface area contributed by atoms with Gasteiger partial charge >= 0.3 is 5.97 Å². The molecule has 0 fully saturated rings. The Bertz CT molecular complexity index is 846. The number of ether oxygens (including phenoxy) is 2. The van der Waals surface area contributed by atoms with Crippen molar-refractivity contribution in [2.75, 3.05) is 13.7 Å². The number of esters is 1. The van der Waals surface area contributed by atoms with Crippen LogP contribution in [-0.2, 0) is 4.74 Å². The van der Waals surface area contributed by atoms with Gasteiger partial charge in [0.1, 0.15) is 11.3 Å². The van der Waals surface area contributed by atoms with Gasteiger partial charge in [0.25, 0.3) is 0 Å². The number of aromatic nitrogens is 5. The van der Waals surface area contributed by atoms with E-state index in [4.69, 9.17) is 9.47 Å². The lowest BCUT2D eigenvalue weighted by Crippen LogP contribution is -2.04. The monoisotopic (exact) mass is 313 g/mol. The number of carbonyl (C=O) groups excluding carboxylic acids is 1. The second kappa shape index (κ2) is 6.39. The van der Waals surface area contributed by atoms with Gasteiger partial charge in [-0.2, -0.15) is 10.3 Å². The first-order valence-corrected chi connectivity index (χ1v) is 7.12. The summed E-state index contributed by atoms with van der Waals surface area (Å²) in [6.07, 6.45) is 2.43. The van der Waals surface area contributed by atoms with Crippen molar-refractivity contribution in [3.8, 4) is 17.1 Å². The molecule has 1 aromatic carbocycles. The van der Waals surface area contributed by atoms with Gasteiger partial charge in [0, 0.05) is 0 Å². The number of hydrogen-bond acceptors (Lipinski definition) is 7. The van der Waals surface area contributed by atoms with Crippen molar-refractivity contribution < 1.29 is 14.3 Å². The minimum atomic E-state index is -0.434. The van der Waals surface area contributed by atoms with Crippen LogP contribution >= 0.6 is 0 Å². The molecule has 3 rings (SSSR count). The molecule has 0 aliphatic carbocycles. The minimum absolute atomic E-state index is 0.398. The van der Waals surface area contributed by atoms with Gasteiger partial charge in [0.05, 0.1) is 31.0 Å². The summed E-state index contributed by atoms with van der Waals surface area (Å²) in [7, 11) is 1.33. The molecule has 2 aromatic heterocycles. The Morgan fingerprint density at radius 3 is 2.96 bits per heavy atom. The van der Waals surface area contributed by atoms with Crippen LogP contribution in [0, 0.1) is 0 Å². The number of carbonyl (C=O) groups is 1. The summed E-state index contributed by atoms with van der Waals surface area (Å²) in [6, 6.07) is 5.01. The number of hydrogen-bond donors (Lipinski definition) is 1. The summed E-state index contributed by atoms with van der Waals surface area (Å²) >= 11 is 0. The molecule has 1 N–H and O–H groups in total. The van der Waals surface area contributed by atoms with E-state index in [0.29, 0.717) is 40.5 Å². The molecule has 0 aliphatic rings. The Hall–Kier alpha value is -3.03. The van der Waals surface area contributed by atoms with Gasteiger partial charge in [-0.05, 0) is 24.6 Å². The average Bonchev–Trinajstić information content (AvgIpc) is 3.06. The zero-order valence-corrected chi connectivity index (χ0v) is 12.7. The zero-order valence-electron chi connectivity index (χ0n) is 12.7. The second-order valence-corrected chi connectivity index (χ2v) is 4.78. The van der Waals surface area contributed by atoms with Crippen molar-refractivity contribution >= 4 is 17.1 Å². The van der Waals surface area contributed by atoms with Crippen LogP contribution in [0.4, 0.5) is 0 Å². The van der Waals surface area contributed by atoms with Gasteiger partial charge in [-0.25, -0.2) is 14.8 Å². The molecule has 0 saturated carbocycles. The molecule has 118 valence electrons. The highest BCUT2D eigenvalue weighted by atomic mass is 16.5. The van der Waals surface area contributed by atoms with Crippen LogP contribution in [0.2, 0.25) is 0 Å². The third-order valence-corrected chi connectivity index (χ3v) is 3.18. The van der Waals surface area contributed by atoms with Crippen molar-refractivity contribution in [3.05, 3.63) is 30.0 Å². The summed E-state index contributed by atoms with van der Waals surface area (Å²) < 4.78 is 10.5. The first-order valence-electron chi connectivity index (χ1n) is 7.12. The highest BCUT2D eigenvalue weighted by molar-refractivity contribution is 5.91. The summed E-state index contributed by atoms with van der Waals surface area (Å²) in [4.78, 5) is 20.4. The lowest BCUT2D eigenvalue weighted by molar-refractivity contribution is 0.0600. The van der Waals surface area contributed by atoms with Crippen molar-refractivity contribution in [2.24, 2.45) is 0 Å². The Labute approximate surface area is 131 Å². The molecule has 8 nitrogen and oxygen atoms in total. The van der Waals surface area contributed by atoms with E-state index in [1.807, 2.05) is 6.92 Å². The molecule has 8 heteroatoms. The van der Waals surface area contributed by atoms with E-state index in [0.717, 1.165) is 6.42 Å². The van der Waals surface area contributed by atoms with E-state index in [1.165, 1.54) is 7.11 Å². The second-order valence-electron chi connectivity index (χ2n) is 4.78. The lowest BCUT2D eigenvalue weighted by atomic mass is 10.1. The smallest absolute Gasteiger partial charge is 0.337 e. The average molecular weight is 313 g/mol. The Balaban J connectivity index is 2.10. The Morgan fingerprint density at radius 1 is 1.30 bits per heavy atom. The lowest BCUT2D eigenvalue weighted by Gasteiger charge is -2.11. The maximum atomic E-state index is 11.8. The number of fused-ring (bicyclic) bond motifs is 1. The zero-order chi connectivity index (χ0) is 16.2.